The molecule has 0 saturated heterocycles. The summed E-state index contributed by atoms with van der Waals surface area (Å²) in [5.74, 6) is 1.68. The number of carbonyl (C=O) groups is 1. The van der Waals surface area contributed by atoms with Crippen LogP contribution in [0.4, 0.5) is 0 Å². The Bertz CT molecular complexity index is 322. The summed E-state index contributed by atoms with van der Waals surface area (Å²) >= 11 is 7.24. The number of hydrogen-bond donors (Lipinski definition) is 0. The number of halogens is 1. The Balaban J connectivity index is 2.37. The van der Waals surface area contributed by atoms with Gasteiger partial charge in [0.1, 0.15) is 0 Å². The van der Waals surface area contributed by atoms with Crippen LogP contribution in [-0.2, 0) is 10.5 Å². The van der Waals surface area contributed by atoms with E-state index < -0.39 is 5.41 Å². The van der Waals surface area contributed by atoms with Crippen LogP contribution in [0.3, 0.4) is 0 Å². The molecular weight excluding hydrogens is 228 g/mol. The molecule has 82 valence electrons. The van der Waals surface area contributed by atoms with Crippen molar-refractivity contribution in [1.29, 1.82) is 0 Å². The van der Waals surface area contributed by atoms with Gasteiger partial charge in [0.05, 0.1) is 0 Å². The van der Waals surface area contributed by atoms with Gasteiger partial charge in [0.25, 0.3) is 0 Å². The van der Waals surface area contributed by atoms with Crippen molar-refractivity contribution in [2.24, 2.45) is 5.41 Å². The molecule has 0 radical (unpaired) electrons. The third kappa shape index (κ3) is 4.27. The van der Waals surface area contributed by atoms with Crippen molar-refractivity contribution in [1.82, 2.24) is 0 Å². The fourth-order valence-corrected chi connectivity index (χ4v) is 2.37. The van der Waals surface area contributed by atoms with Crippen molar-refractivity contribution >= 4 is 28.6 Å². The van der Waals surface area contributed by atoms with Crippen molar-refractivity contribution in [3.63, 3.8) is 0 Å². The maximum atomic E-state index is 11.1. The van der Waals surface area contributed by atoms with Gasteiger partial charge >= 0.3 is 0 Å². The number of thioether (sulfide) groups is 1. The highest BCUT2D eigenvalue weighted by molar-refractivity contribution is 7.98. The van der Waals surface area contributed by atoms with Gasteiger partial charge in [-0.15, -0.1) is 0 Å². The van der Waals surface area contributed by atoms with E-state index in [-0.39, 0.29) is 5.24 Å². The van der Waals surface area contributed by atoms with E-state index in [4.69, 9.17) is 11.6 Å². The lowest BCUT2D eigenvalue weighted by atomic mass is 9.99. The second-order valence-corrected chi connectivity index (χ2v) is 5.46. The van der Waals surface area contributed by atoms with Gasteiger partial charge in [0.15, 0.2) is 0 Å². The van der Waals surface area contributed by atoms with E-state index in [0.29, 0.717) is 0 Å². The zero-order valence-electron chi connectivity index (χ0n) is 9.00. The summed E-state index contributed by atoms with van der Waals surface area (Å²) in [5, 5.41) is -0.261. The van der Waals surface area contributed by atoms with Gasteiger partial charge in [0, 0.05) is 16.9 Å². The van der Waals surface area contributed by atoms with Crippen molar-refractivity contribution in [3.8, 4) is 0 Å². The van der Waals surface area contributed by atoms with Gasteiger partial charge < -0.3 is 0 Å². The fourth-order valence-electron chi connectivity index (χ4n) is 1.06. The van der Waals surface area contributed by atoms with Crippen molar-refractivity contribution in [3.05, 3.63) is 35.9 Å². The third-order valence-electron chi connectivity index (χ3n) is 2.11. The highest BCUT2D eigenvalue weighted by Gasteiger charge is 2.25. The molecule has 1 aromatic rings. The Morgan fingerprint density at radius 2 is 1.93 bits per heavy atom. The van der Waals surface area contributed by atoms with Crippen LogP contribution in [0.5, 0.6) is 0 Å². The lowest BCUT2D eigenvalue weighted by Crippen LogP contribution is -2.22. The van der Waals surface area contributed by atoms with Crippen molar-refractivity contribution < 1.29 is 4.79 Å². The Labute approximate surface area is 100 Å². The molecular formula is C12H15ClOS. The summed E-state index contributed by atoms with van der Waals surface area (Å²) in [6.07, 6.45) is 0. The van der Waals surface area contributed by atoms with Crippen LogP contribution >= 0.6 is 23.4 Å². The second-order valence-electron chi connectivity index (χ2n) is 4.14. The molecule has 0 amide bonds. The Morgan fingerprint density at radius 3 is 2.47 bits per heavy atom. The first kappa shape index (κ1) is 12.6. The van der Waals surface area contributed by atoms with Crippen LogP contribution < -0.4 is 0 Å². The summed E-state index contributed by atoms with van der Waals surface area (Å²) in [6.45, 7) is 3.75. The Hall–Kier alpha value is -0.470. The van der Waals surface area contributed by atoms with E-state index in [1.165, 1.54) is 5.56 Å². The molecule has 0 aliphatic rings. The first-order valence-electron chi connectivity index (χ1n) is 4.84. The minimum Gasteiger partial charge on any atom is -0.281 e. The van der Waals surface area contributed by atoms with Crippen molar-refractivity contribution in [2.45, 2.75) is 19.6 Å². The average molecular weight is 243 g/mol. The summed E-state index contributed by atoms with van der Waals surface area (Å²) in [5.41, 5.74) is 0.849. The van der Waals surface area contributed by atoms with Gasteiger partial charge in [-0.2, -0.15) is 11.8 Å². The summed E-state index contributed by atoms with van der Waals surface area (Å²) in [4.78, 5) is 11.1. The zero-order valence-corrected chi connectivity index (χ0v) is 10.6. The van der Waals surface area contributed by atoms with Crippen LogP contribution in [0.15, 0.2) is 30.3 Å². The topological polar surface area (TPSA) is 17.1 Å². The summed E-state index contributed by atoms with van der Waals surface area (Å²) < 4.78 is 0. The van der Waals surface area contributed by atoms with Gasteiger partial charge in [-0.05, 0) is 17.2 Å². The fraction of sp³-hybridized carbons (Fsp3) is 0.417. The van der Waals surface area contributed by atoms with Gasteiger partial charge in [-0.3, -0.25) is 4.79 Å². The SMILES string of the molecule is CC(C)(CSCc1ccccc1)C(=O)Cl. The lowest BCUT2D eigenvalue weighted by Gasteiger charge is -2.18. The molecule has 0 fully saturated rings. The van der Waals surface area contributed by atoms with Crippen LogP contribution in [0.1, 0.15) is 19.4 Å². The molecule has 0 saturated carbocycles. The lowest BCUT2D eigenvalue weighted by molar-refractivity contribution is -0.117. The largest absolute Gasteiger partial charge is 0.281 e. The van der Waals surface area contributed by atoms with Crippen LogP contribution in [0.2, 0.25) is 0 Å². The van der Waals surface area contributed by atoms with E-state index >= 15 is 0 Å². The molecule has 0 bridgehead atoms. The average Bonchev–Trinajstić information content (AvgIpc) is 2.19. The van der Waals surface area contributed by atoms with E-state index in [0.717, 1.165) is 11.5 Å². The molecule has 0 aliphatic carbocycles. The molecule has 1 nitrogen and oxygen atoms in total. The van der Waals surface area contributed by atoms with Gasteiger partial charge in [0.2, 0.25) is 5.24 Å². The molecule has 0 aliphatic heterocycles. The zero-order chi connectivity index (χ0) is 11.3. The molecule has 0 heterocycles. The number of rotatable bonds is 5. The molecule has 0 atom stereocenters. The number of carbonyl (C=O) groups excluding carboxylic acids is 1. The molecule has 3 heteroatoms. The van der Waals surface area contributed by atoms with Crippen molar-refractivity contribution in [2.75, 3.05) is 5.75 Å². The van der Waals surface area contributed by atoms with Crippen LogP contribution in [-0.4, -0.2) is 11.0 Å². The van der Waals surface area contributed by atoms with E-state index in [1.54, 1.807) is 11.8 Å². The van der Waals surface area contributed by atoms with Gasteiger partial charge in [-0.25, -0.2) is 0 Å². The van der Waals surface area contributed by atoms with Crippen LogP contribution in [0, 0.1) is 5.41 Å². The predicted molar refractivity (Wildman–Crippen MR) is 67.2 cm³/mol. The molecule has 0 spiro atoms. The number of hydrogen-bond acceptors (Lipinski definition) is 2. The maximum absolute atomic E-state index is 11.1. The maximum Gasteiger partial charge on any atom is 0.228 e. The predicted octanol–water partition coefficient (Wildman–Crippen LogP) is 3.71. The minimum absolute atomic E-state index is 0.261. The highest BCUT2D eigenvalue weighted by Crippen LogP contribution is 2.26. The van der Waals surface area contributed by atoms with Gasteiger partial charge in [-0.1, -0.05) is 44.2 Å². The molecule has 0 unspecified atom stereocenters. The molecule has 1 aromatic carbocycles. The first-order chi connectivity index (χ1) is 7.02. The second kappa shape index (κ2) is 5.57. The standard InChI is InChI=1S/C12H15ClOS/c1-12(2,11(13)14)9-15-8-10-6-4-3-5-7-10/h3-7H,8-9H2,1-2H3. The van der Waals surface area contributed by atoms with Crippen LogP contribution in [0.25, 0.3) is 0 Å². The summed E-state index contributed by atoms with van der Waals surface area (Å²) in [6, 6.07) is 10.2. The number of benzene rings is 1. The quantitative estimate of drug-likeness (QED) is 0.733. The molecule has 1 rings (SSSR count). The Kier molecular flexibility index (Phi) is 4.68. The van der Waals surface area contributed by atoms with E-state index in [9.17, 15) is 4.79 Å². The van der Waals surface area contributed by atoms with E-state index in [2.05, 4.69) is 12.1 Å². The minimum atomic E-state index is -0.430. The Morgan fingerprint density at radius 1 is 1.33 bits per heavy atom. The molecule has 0 N–H and O–H groups in total. The highest BCUT2D eigenvalue weighted by atomic mass is 35.5. The third-order valence-corrected chi connectivity index (χ3v) is 4.08. The smallest absolute Gasteiger partial charge is 0.228 e. The molecule has 0 aromatic heterocycles. The normalized spacial score (nSPS) is 11.4. The first-order valence-corrected chi connectivity index (χ1v) is 6.37. The summed E-state index contributed by atoms with van der Waals surface area (Å²) in [7, 11) is 0. The molecule has 15 heavy (non-hydrogen) atoms. The van der Waals surface area contributed by atoms with E-state index in [1.807, 2.05) is 32.0 Å². The monoisotopic (exact) mass is 242 g/mol.